The molecule has 0 saturated carbocycles. The fourth-order valence-corrected chi connectivity index (χ4v) is 2.99. The quantitative estimate of drug-likeness (QED) is 0.858. The molecule has 0 saturated heterocycles. The summed E-state index contributed by atoms with van der Waals surface area (Å²) in [4.78, 5) is 16.3. The highest BCUT2D eigenvalue weighted by molar-refractivity contribution is 7.92. The van der Waals surface area contributed by atoms with Crippen LogP contribution in [0, 0.1) is 0 Å². The third kappa shape index (κ3) is 5.22. The Hall–Kier alpha value is -2.54. The molecule has 0 bridgehead atoms. The average molecular weight is 361 g/mol. The van der Waals surface area contributed by atoms with Crippen LogP contribution in [0.4, 0.5) is 11.4 Å². The van der Waals surface area contributed by atoms with Gasteiger partial charge in [0, 0.05) is 33.4 Å². The molecule has 1 amide bonds. The summed E-state index contributed by atoms with van der Waals surface area (Å²) in [6, 6.07) is 14.5. The zero-order valence-corrected chi connectivity index (χ0v) is 15.7. The fourth-order valence-electron chi connectivity index (χ4n) is 2.41. The number of benzene rings is 2. The number of anilines is 2. The van der Waals surface area contributed by atoms with Gasteiger partial charge in [-0.1, -0.05) is 24.3 Å². The molecule has 0 unspecified atom stereocenters. The van der Waals surface area contributed by atoms with Crippen LogP contribution in [0.1, 0.15) is 15.9 Å². The topological polar surface area (TPSA) is 69.7 Å². The third-order valence-electron chi connectivity index (χ3n) is 3.67. The van der Waals surface area contributed by atoms with E-state index in [1.54, 1.807) is 36.2 Å². The number of amides is 1. The van der Waals surface area contributed by atoms with E-state index < -0.39 is 10.0 Å². The van der Waals surface area contributed by atoms with Crippen molar-refractivity contribution in [3.63, 3.8) is 0 Å². The van der Waals surface area contributed by atoms with E-state index in [1.807, 2.05) is 43.3 Å². The number of sulfonamides is 1. The molecule has 0 aliphatic carbocycles. The van der Waals surface area contributed by atoms with E-state index in [1.165, 1.54) is 0 Å². The van der Waals surface area contributed by atoms with Gasteiger partial charge in [-0.25, -0.2) is 8.42 Å². The normalized spacial score (nSPS) is 11.0. The van der Waals surface area contributed by atoms with Crippen LogP contribution >= 0.6 is 0 Å². The molecule has 0 aliphatic heterocycles. The van der Waals surface area contributed by atoms with E-state index in [-0.39, 0.29) is 11.6 Å². The molecule has 0 aliphatic rings. The summed E-state index contributed by atoms with van der Waals surface area (Å²) in [5.41, 5.74) is 2.68. The van der Waals surface area contributed by atoms with Gasteiger partial charge < -0.3 is 9.80 Å². The van der Waals surface area contributed by atoms with E-state index in [0.29, 0.717) is 12.1 Å². The number of carbonyl (C=O) groups is 1. The van der Waals surface area contributed by atoms with E-state index in [4.69, 9.17) is 0 Å². The van der Waals surface area contributed by atoms with Gasteiger partial charge in [-0.2, -0.15) is 0 Å². The van der Waals surface area contributed by atoms with Crippen LogP contribution in [0.2, 0.25) is 0 Å². The standard InChI is InChI=1S/C18H23N3O3S/c1-20(2)15-11-9-14(10-12-15)13-21(3)18(22)16-7-5-6-8-17(16)19-25(4,23)24/h5-12,19H,13H2,1-4H3. The Bertz CT molecular complexity index is 846. The summed E-state index contributed by atoms with van der Waals surface area (Å²) in [6.45, 7) is 0.430. The highest BCUT2D eigenvalue weighted by Gasteiger charge is 2.17. The predicted octanol–water partition coefficient (Wildman–Crippen LogP) is 2.40. The third-order valence-corrected chi connectivity index (χ3v) is 4.26. The van der Waals surface area contributed by atoms with Gasteiger partial charge in [0.2, 0.25) is 10.0 Å². The zero-order valence-electron chi connectivity index (χ0n) is 14.9. The van der Waals surface area contributed by atoms with Crippen molar-refractivity contribution in [2.45, 2.75) is 6.54 Å². The summed E-state index contributed by atoms with van der Waals surface area (Å²) in [7, 11) is 2.18. The average Bonchev–Trinajstić information content (AvgIpc) is 2.53. The highest BCUT2D eigenvalue weighted by Crippen LogP contribution is 2.19. The van der Waals surface area contributed by atoms with Crippen molar-refractivity contribution in [3.8, 4) is 0 Å². The molecule has 25 heavy (non-hydrogen) atoms. The monoisotopic (exact) mass is 361 g/mol. The van der Waals surface area contributed by atoms with Crippen molar-refractivity contribution in [2.75, 3.05) is 37.0 Å². The molecule has 2 aromatic carbocycles. The van der Waals surface area contributed by atoms with Crippen LogP contribution < -0.4 is 9.62 Å². The Morgan fingerprint density at radius 2 is 1.60 bits per heavy atom. The number of nitrogens with one attached hydrogen (secondary N) is 1. The van der Waals surface area contributed by atoms with Crippen molar-refractivity contribution < 1.29 is 13.2 Å². The molecule has 2 rings (SSSR count). The molecular formula is C18H23N3O3S. The molecule has 0 spiro atoms. The van der Waals surface area contributed by atoms with Gasteiger partial charge in [0.25, 0.3) is 5.91 Å². The van der Waals surface area contributed by atoms with Crippen LogP contribution in [0.25, 0.3) is 0 Å². The second kappa shape index (κ2) is 7.57. The lowest BCUT2D eigenvalue weighted by molar-refractivity contribution is 0.0786. The van der Waals surface area contributed by atoms with Gasteiger partial charge in [0.1, 0.15) is 0 Å². The van der Waals surface area contributed by atoms with Gasteiger partial charge in [-0.05, 0) is 29.8 Å². The first-order chi connectivity index (χ1) is 11.7. The summed E-state index contributed by atoms with van der Waals surface area (Å²) in [5, 5.41) is 0. The lowest BCUT2D eigenvalue weighted by Crippen LogP contribution is -2.27. The number of hydrogen-bond donors (Lipinski definition) is 1. The van der Waals surface area contributed by atoms with Crippen molar-refractivity contribution in [1.82, 2.24) is 4.90 Å². The Balaban J connectivity index is 2.17. The number of para-hydroxylation sites is 1. The first-order valence-electron chi connectivity index (χ1n) is 7.76. The lowest BCUT2D eigenvalue weighted by atomic mass is 10.1. The molecule has 1 N–H and O–H groups in total. The van der Waals surface area contributed by atoms with E-state index >= 15 is 0 Å². The molecule has 0 fully saturated rings. The number of rotatable bonds is 6. The van der Waals surface area contributed by atoms with Gasteiger partial charge in [-0.15, -0.1) is 0 Å². The van der Waals surface area contributed by atoms with Crippen LogP contribution in [-0.2, 0) is 16.6 Å². The van der Waals surface area contributed by atoms with Crippen LogP contribution in [-0.4, -0.2) is 46.6 Å². The SMILES string of the molecule is CN(Cc1ccc(N(C)C)cc1)C(=O)c1ccccc1NS(C)(=O)=O. The Morgan fingerprint density at radius 1 is 1.00 bits per heavy atom. The second-order valence-electron chi connectivity index (χ2n) is 6.14. The molecule has 0 heterocycles. The maximum atomic E-state index is 12.7. The highest BCUT2D eigenvalue weighted by atomic mass is 32.2. The van der Waals surface area contributed by atoms with E-state index in [2.05, 4.69) is 4.72 Å². The van der Waals surface area contributed by atoms with Gasteiger partial charge in [0.15, 0.2) is 0 Å². The van der Waals surface area contributed by atoms with Crippen molar-refractivity contribution in [3.05, 3.63) is 59.7 Å². The first kappa shape index (κ1) is 18.8. The summed E-state index contributed by atoms with van der Waals surface area (Å²) >= 11 is 0. The summed E-state index contributed by atoms with van der Waals surface area (Å²) in [6.07, 6.45) is 1.06. The minimum absolute atomic E-state index is 0.247. The van der Waals surface area contributed by atoms with Crippen LogP contribution in [0.5, 0.6) is 0 Å². The van der Waals surface area contributed by atoms with E-state index in [9.17, 15) is 13.2 Å². The molecule has 2 aromatic rings. The molecule has 134 valence electrons. The zero-order chi connectivity index (χ0) is 18.6. The number of carbonyl (C=O) groups excluding carboxylic acids is 1. The Labute approximate surface area is 149 Å². The number of hydrogen-bond acceptors (Lipinski definition) is 4. The Kier molecular flexibility index (Phi) is 5.69. The molecular weight excluding hydrogens is 338 g/mol. The largest absolute Gasteiger partial charge is 0.378 e. The second-order valence-corrected chi connectivity index (χ2v) is 7.89. The minimum atomic E-state index is -3.46. The first-order valence-corrected chi connectivity index (χ1v) is 9.65. The minimum Gasteiger partial charge on any atom is -0.378 e. The summed E-state index contributed by atoms with van der Waals surface area (Å²) in [5.74, 6) is -0.247. The van der Waals surface area contributed by atoms with Crippen molar-refractivity contribution in [1.29, 1.82) is 0 Å². The van der Waals surface area contributed by atoms with Gasteiger partial charge >= 0.3 is 0 Å². The number of nitrogens with zero attached hydrogens (tertiary/aromatic N) is 2. The Morgan fingerprint density at radius 3 is 2.16 bits per heavy atom. The van der Waals surface area contributed by atoms with E-state index in [0.717, 1.165) is 17.5 Å². The predicted molar refractivity (Wildman–Crippen MR) is 101 cm³/mol. The molecule has 0 radical (unpaired) electrons. The summed E-state index contributed by atoms with van der Waals surface area (Å²) < 4.78 is 25.4. The smallest absolute Gasteiger partial charge is 0.256 e. The van der Waals surface area contributed by atoms with Crippen molar-refractivity contribution >= 4 is 27.3 Å². The fraction of sp³-hybridized carbons (Fsp3) is 0.278. The molecule has 0 atom stereocenters. The molecule has 0 aromatic heterocycles. The molecule has 6 nitrogen and oxygen atoms in total. The molecule has 7 heteroatoms. The van der Waals surface area contributed by atoms with Gasteiger partial charge in [0.05, 0.1) is 17.5 Å². The van der Waals surface area contributed by atoms with Gasteiger partial charge in [-0.3, -0.25) is 9.52 Å². The maximum absolute atomic E-state index is 12.7. The van der Waals surface area contributed by atoms with Crippen LogP contribution in [0.3, 0.4) is 0 Å². The van der Waals surface area contributed by atoms with Crippen LogP contribution in [0.15, 0.2) is 48.5 Å². The lowest BCUT2D eigenvalue weighted by Gasteiger charge is -2.20. The van der Waals surface area contributed by atoms with Crippen molar-refractivity contribution in [2.24, 2.45) is 0 Å². The maximum Gasteiger partial charge on any atom is 0.256 e.